The quantitative estimate of drug-likeness (QED) is 0.692. The molecule has 1 unspecified atom stereocenters. The first-order valence-electron chi connectivity index (χ1n) is 6.97. The van der Waals surface area contributed by atoms with Gasteiger partial charge in [-0.15, -0.1) is 0 Å². The predicted molar refractivity (Wildman–Crippen MR) is 73.8 cm³/mol. The largest absolute Gasteiger partial charge is 0.491 e. The number of nitrogens with one attached hydrogen (secondary N) is 2. The van der Waals surface area contributed by atoms with Gasteiger partial charge in [0.1, 0.15) is 0 Å². The smallest absolute Gasteiger partial charge is 0.253 e. The van der Waals surface area contributed by atoms with Gasteiger partial charge < -0.3 is 15.4 Å². The molecule has 5 nitrogen and oxygen atoms in total. The number of nitrogens with zero attached hydrogens (tertiary/aromatic N) is 1. The number of aromatic hydroxyl groups is 1. The molecular weight excluding hydrogens is 273 g/mol. The number of aromatic nitrogens is 2. The molecule has 2 aromatic rings. The van der Waals surface area contributed by atoms with Crippen LogP contribution in [0.3, 0.4) is 0 Å². The summed E-state index contributed by atoms with van der Waals surface area (Å²) in [7, 11) is 0. The van der Waals surface area contributed by atoms with Crippen molar-refractivity contribution in [3.8, 4) is 17.1 Å². The summed E-state index contributed by atoms with van der Waals surface area (Å²) < 4.78 is 14.3. The van der Waals surface area contributed by atoms with Gasteiger partial charge in [-0.2, -0.15) is 0 Å². The highest BCUT2D eigenvalue weighted by atomic mass is 19.1. The molecule has 2 aliphatic rings. The zero-order valence-electron chi connectivity index (χ0n) is 11.5. The number of aryl methyl sites for hydroxylation is 1. The van der Waals surface area contributed by atoms with Crippen LogP contribution in [0.25, 0.3) is 11.3 Å². The highest BCUT2D eigenvalue weighted by Crippen LogP contribution is 2.41. The van der Waals surface area contributed by atoms with Gasteiger partial charge in [-0.1, -0.05) is 6.92 Å². The lowest BCUT2D eigenvalue weighted by molar-refractivity contribution is 0.0940. The Morgan fingerprint density at radius 1 is 1.38 bits per heavy atom. The van der Waals surface area contributed by atoms with Crippen molar-refractivity contribution in [3.63, 3.8) is 0 Å². The van der Waals surface area contributed by atoms with Gasteiger partial charge in [-0.25, -0.2) is 9.37 Å². The van der Waals surface area contributed by atoms with Gasteiger partial charge in [0.05, 0.1) is 11.3 Å². The Hall–Kier alpha value is -2.37. The van der Waals surface area contributed by atoms with Crippen molar-refractivity contribution in [2.75, 3.05) is 6.54 Å². The fourth-order valence-electron chi connectivity index (χ4n) is 3.32. The molecule has 3 N–H and O–H groups in total. The summed E-state index contributed by atoms with van der Waals surface area (Å²) in [5.74, 6) is -1.28. The molecule has 0 spiro atoms. The number of hydrogen-bond acceptors (Lipinski definition) is 3. The SMILES string of the molecule is CC1CNC(=O)c2c1[nH]c1c2CCc2cnc(O)c(F)c2-1. The van der Waals surface area contributed by atoms with Crippen molar-refractivity contribution in [1.82, 2.24) is 15.3 Å². The Bertz CT molecular complexity index is 782. The molecule has 4 rings (SSSR count). The molecule has 0 saturated heterocycles. The highest BCUT2D eigenvalue weighted by molar-refractivity contribution is 6.00. The van der Waals surface area contributed by atoms with E-state index in [4.69, 9.17) is 0 Å². The summed E-state index contributed by atoms with van der Waals surface area (Å²) in [4.78, 5) is 19.0. The van der Waals surface area contributed by atoms with Gasteiger partial charge in [-0.3, -0.25) is 4.79 Å². The third kappa shape index (κ3) is 1.55. The van der Waals surface area contributed by atoms with Crippen LogP contribution in [-0.4, -0.2) is 27.5 Å². The minimum absolute atomic E-state index is 0.109. The van der Waals surface area contributed by atoms with Gasteiger partial charge in [0.15, 0.2) is 5.82 Å². The Balaban J connectivity index is 2.03. The second-order valence-electron chi connectivity index (χ2n) is 5.67. The molecule has 1 amide bonds. The molecule has 0 aromatic carbocycles. The number of halogens is 1. The molecule has 1 aliphatic carbocycles. The van der Waals surface area contributed by atoms with E-state index in [1.165, 1.54) is 6.20 Å². The van der Waals surface area contributed by atoms with Gasteiger partial charge >= 0.3 is 0 Å². The van der Waals surface area contributed by atoms with Crippen LogP contribution < -0.4 is 5.32 Å². The average Bonchev–Trinajstić information content (AvgIpc) is 2.87. The van der Waals surface area contributed by atoms with E-state index in [1.807, 2.05) is 6.92 Å². The van der Waals surface area contributed by atoms with Crippen LogP contribution in [0.5, 0.6) is 5.88 Å². The molecule has 108 valence electrons. The first-order valence-corrected chi connectivity index (χ1v) is 6.97. The Labute approximate surface area is 120 Å². The van der Waals surface area contributed by atoms with Gasteiger partial charge in [0.25, 0.3) is 5.91 Å². The first kappa shape index (κ1) is 12.4. The van der Waals surface area contributed by atoms with Gasteiger partial charge in [0.2, 0.25) is 5.88 Å². The number of rotatable bonds is 0. The topological polar surface area (TPSA) is 78.0 Å². The summed E-state index contributed by atoms with van der Waals surface area (Å²) in [5, 5.41) is 12.4. The molecule has 0 fully saturated rings. The maximum absolute atomic E-state index is 14.3. The molecular formula is C15H14FN3O2. The molecule has 0 bridgehead atoms. The number of amides is 1. The summed E-state index contributed by atoms with van der Waals surface area (Å²) in [5.41, 5.74) is 4.05. The summed E-state index contributed by atoms with van der Waals surface area (Å²) >= 11 is 0. The lowest BCUT2D eigenvalue weighted by Gasteiger charge is -2.20. The minimum atomic E-state index is -0.722. The van der Waals surface area contributed by atoms with Crippen LogP contribution in [-0.2, 0) is 12.8 Å². The van der Waals surface area contributed by atoms with Gasteiger partial charge in [0, 0.05) is 29.9 Å². The number of hydrogen-bond donors (Lipinski definition) is 3. The molecule has 3 heterocycles. The maximum Gasteiger partial charge on any atom is 0.253 e. The van der Waals surface area contributed by atoms with Crippen LogP contribution in [0.2, 0.25) is 0 Å². The second-order valence-corrected chi connectivity index (χ2v) is 5.67. The van der Waals surface area contributed by atoms with E-state index in [2.05, 4.69) is 15.3 Å². The van der Waals surface area contributed by atoms with E-state index in [1.54, 1.807) is 0 Å². The molecule has 0 saturated carbocycles. The fraction of sp³-hybridized carbons (Fsp3) is 0.333. The summed E-state index contributed by atoms with van der Waals surface area (Å²) in [6.45, 7) is 2.59. The Morgan fingerprint density at radius 3 is 3.00 bits per heavy atom. The summed E-state index contributed by atoms with van der Waals surface area (Å²) in [6.07, 6.45) is 2.78. The third-order valence-corrected chi connectivity index (χ3v) is 4.40. The van der Waals surface area contributed by atoms with Crippen molar-refractivity contribution in [1.29, 1.82) is 0 Å². The van der Waals surface area contributed by atoms with Crippen LogP contribution in [0, 0.1) is 5.82 Å². The molecule has 2 aromatic heterocycles. The van der Waals surface area contributed by atoms with E-state index < -0.39 is 11.7 Å². The molecule has 0 radical (unpaired) electrons. The number of pyridine rings is 1. The van der Waals surface area contributed by atoms with E-state index in [0.29, 0.717) is 36.2 Å². The van der Waals surface area contributed by atoms with E-state index in [9.17, 15) is 14.3 Å². The monoisotopic (exact) mass is 287 g/mol. The molecule has 6 heteroatoms. The lowest BCUT2D eigenvalue weighted by Crippen LogP contribution is -2.34. The zero-order chi connectivity index (χ0) is 14.7. The van der Waals surface area contributed by atoms with Crippen LogP contribution in [0.1, 0.15) is 40.0 Å². The van der Waals surface area contributed by atoms with Crippen LogP contribution >= 0.6 is 0 Å². The zero-order valence-corrected chi connectivity index (χ0v) is 11.5. The predicted octanol–water partition coefficient (Wildman–Crippen LogP) is 1.87. The van der Waals surface area contributed by atoms with Crippen LogP contribution in [0.4, 0.5) is 4.39 Å². The minimum Gasteiger partial charge on any atom is -0.491 e. The van der Waals surface area contributed by atoms with E-state index in [-0.39, 0.29) is 11.8 Å². The number of carbonyl (C=O) groups is 1. The van der Waals surface area contributed by atoms with E-state index in [0.717, 1.165) is 16.8 Å². The van der Waals surface area contributed by atoms with Crippen LogP contribution in [0.15, 0.2) is 6.20 Å². The van der Waals surface area contributed by atoms with Crippen molar-refractivity contribution in [2.24, 2.45) is 0 Å². The normalized spacial score (nSPS) is 19.5. The van der Waals surface area contributed by atoms with Crippen molar-refractivity contribution < 1.29 is 14.3 Å². The average molecular weight is 287 g/mol. The van der Waals surface area contributed by atoms with Crippen molar-refractivity contribution in [2.45, 2.75) is 25.7 Å². The lowest BCUT2D eigenvalue weighted by atomic mass is 9.87. The Kier molecular flexibility index (Phi) is 2.40. The van der Waals surface area contributed by atoms with Crippen molar-refractivity contribution in [3.05, 3.63) is 34.4 Å². The first-order chi connectivity index (χ1) is 10.1. The number of aromatic amines is 1. The number of carbonyl (C=O) groups excluding carboxylic acids is 1. The fourth-order valence-corrected chi connectivity index (χ4v) is 3.32. The number of fused-ring (bicyclic) bond motifs is 5. The van der Waals surface area contributed by atoms with E-state index >= 15 is 0 Å². The second kappa shape index (κ2) is 4.07. The molecule has 1 atom stereocenters. The third-order valence-electron chi connectivity index (χ3n) is 4.40. The Morgan fingerprint density at radius 2 is 2.19 bits per heavy atom. The van der Waals surface area contributed by atoms with Gasteiger partial charge in [-0.05, 0) is 24.0 Å². The standard InChI is InChI=1S/C15H14FN3O2/c1-6-4-17-14(20)10-8-3-2-7-5-18-15(21)11(16)9(7)13(8)19-12(6)10/h5-6,19H,2-4H2,1H3,(H,17,20)(H,18,21). The van der Waals surface area contributed by atoms with Crippen molar-refractivity contribution >= 4 is 5.91 Å². The number of H-pyrrole nitrogens is 1. The molecule has 1 aliphatic heterocycles. The summed E-state index contributed by atoms with van der Waals surface area (Å²) in [6, 6.07) is 0. The highest BCUT2D eigenvalue weighted by Gasteiger charge is 2.34. The maximum atomic E-state index is 14.3. The molecule has 21 heavy (non-hydrogen) atoms.